The zero-order chi connectivity index (χ0) is 19.1. The molecule has 27 heavy (non-hydrogen) atoms. The van der Waals surface area contributed by atoms with E-state index in [0.29, 0.717) is 13.1 Å². The van der Waals surface area contributed by atoms with Crippen molar-refractivity contribution in [2.24, 2.45) is 4.99 Å². The van der Waals surface area contributed by atoms with Crippen molar-refractivity contribution in [1.29, 1.82) is 0 Å². The van der Waals surface area contributed by atoms with Gasteiger partial charge in [-0.15, -0.1) is 0 Å². The van der Waals surface area contributed by atoms with Crippen molar-refractivity contribution >= 4 is 5.96 Å². The quantitative estimate of drug-likeness (QED) is 0.540. The van der Waals surface area contributed by atoms with E-state index in [1.54, 1.807) is 14.2 Å². The smallest absolute Gasteiger partial charge is 0.194 e. The van der Waals surface area contributed by atoms with Gasteiger partial charge in [-0.2, -0.15) is 5.10 Å². The van der Waals surface area contributed by atoms with Crippen molar-refractivity contribution in [2.45, 2.75) is 13.1 Å². The van der Waals surface area contributed by atoms with E-state index in [0.717, 1.165) is 28.7 Å². The topological polar surface area (TPSA) is 54.7 Å². The van der Waals surface area contributed by atoms with Gasteiger partial charge in [-0.1, -0.05) is 36.4 Å². The summed E-state index contributed by atoms with van der Waals surface area (Å²) in [6.07, 6.45) is 1.97. The molecule has 0 radical (unpaired) electrons. The first-order valence-corrected chi connectivity index (χ1v) is 8.85. The Bertz CT molecular complexity index is 888. The Hall–Kier alpha value is -3.28. The summed E-state index contributed by atoms with van der Waals surface area (Å²) in [6, 6.07) is 20.1. The maximum absolute atomic E-state index is 5.43. The lowest BCUT2D eigenvalue weighted by Crippen LogP contribution is -2.38. The van der Waals surface area contributed by atoms with Crippen LogP contribution in [-0.2, 0) is 13.1 Å². The summed E-state index contributed by atoms with van der Waals surface area (Å²) < 4.78 is 7.31. The summed E-state index contributed by atoms with van der Waals surface area (Å²) in [4.78, 5) is 6.44. The standard InChI is InChI=1S/C21H25N5O/c1-22-21(25(2)16-17-9-7-8-12-20(17)27-3)23-15-18-13-14-26(24-18)19-10-5-4-6-11-19/h4-14H,15-16H2,1-3H3,(H,22,23). The lowest BCUT2D eigenvalue weighted by atomic mass is 10.2. The van der Waals surface area contributed by atoms with Crippen LogP contribution in [0.3, 0.4) is 0 Å². The molecule has 0 atom stereocenters. The Kier molecular flexibility index (Phi) is 6.10. The molecular weight excluding hydrogens is 338 g/mol. The van der Waals surface area contributed by atoms with E-state index in [-0.39, 0.29) is 0 Å². The van der Waals surface area contributed by atoms with Crippen LogP contribution in [-0.4, -0.2) is 41.8 Å². The highest BCUT2D eigenvalue weighted by Gasteiger charge is 2.10. The number of rotatable bonds is 6. The van der Waals surface area contributed by atoms with E-state index in [1.807, 2.05) is 72.5 Å². The van der Waals surface area contributed by atoms with Crippen molar-refractivity contribution in [3.63, 3.8) is 0 Å². The van der Waals surface area contributed by atoms with Gasteiger partial charge >= 0.3 is 0 Å². The Morgan fingerprint density at radius 1 is 1.11 bits per heavy atom. The van der Waals surface area contributed by atoms with E-state index in [2.05, 4.69) is 26.4 Å². The van der Waals surface area contributed by atoms with Crippen molar-refractivity contribution in [2.75, 3.05) is 21.2 Å². The van der Waals surface area contributed by atoms with Crippen LogP contribution in [0.4, 0.5) is 0 Å². The number of aromatic nitrogens is 2. The molecule has 3 aromatic rings. The predicted octanol–water partition coefficient (Wildman–Crippen LogP) is 3.09. The minimum atomic E-state index is 0.600. The van der Waals surface area contributed by atoms with Gasteiger partial charge in [0.05, 0.1) is 25.0 Å². The van der Waals surface area contributed by atoms with E-state index < -0.39 is 0 Å². The number of ether oxygens (including phenoxy) is 1. The van der Waals surface area contributed by atoms with Crippen LogP contribution >= 0.6 is 0 Å². The van der Waals surface area contributed by atoms with Crippen LogP contribution in [0.25, 0.3) is 5.69 Å². The van der Waals surface area contributed by atoms with Gasteiger partial charge in [0, 0.05) is 32.4 Å². The number of guanidine groups is 1. The SMILES string of the molecule is CN=C(NCc1ccn(-c2ccccc2)n1)N(C)Cc1ccccc1OC. The van der Waals surface area contributed by atoms with Crippen LogP contribution in [0.1, 0.15) is 11.3 Å². The molecule has 6 heteroatoms. The second kappa shape index (κ2) is 8.89. The summed E-state index contributed by atoms with van der Waals surface area (Å²) >= 11 is 0. The molecule has 140 valence electrons. The fourth-order valence-corrected chi connectivity index (χ4v) is 2.90. The molecule has 0 fully saturated rings. The normalized spacial score (nSPS) is 11.3. The van der Waals surface area contributed by atoms with E-state index in [4.69, 9.17) is 4.74 Å². The Morgan fingerprint density at radius 3 is 2.59 bits per heavy atom. The monoisotopic (exact) mass is 363 g/mol. The molecule has 1 aromatic heterocycles. The molecule has 0 amide bonds. The summed E-state index contributed by atoms with van der Waals surface area (Å²) in [5.74, 6) is 1.68. The fourth-order valence-electron chi connectivity index (χ4n) is 2.90. The van der Waals surface area contributed by atoms with Gasteiger partial charge in [0.25, 0.3) is 0 Å². The molecule has 3 rings (SSSR count). The minimum Gasteiger partial charge on any atom is -0.496 e. The molecule has 1 N–H and O–H groups in total. The van der Waals surface area contributed by atoms with E-state index in [1.165, 1.54) is 0 Å². The summed E-state index contributed by atoms with van der Waals surface area (Å²) in [5.41, 5.74) is 3.10. The molecule has 0 aliphatic heterocycles. The summed E-state index contributed by atoms with van der Waals surface area (Å²) in [5, 5.41) is 7.99. The largest absolute Gasteiger partial charge is 0.496 e. The number of hydrogen-bond donors (Lipinski definition) is 1. The Balaban J connectivity index is 1.61. The average Bonchev–Trinajstić information content (AvgIpc) is 3.18. The Morgan fingerprint density at radius 2 is 1.85 bits per heavy atom. The lowest BCUT2D eigenvalue weighted by Gasteiger charge is -2.22. The molecule has 0 aliphatic rings. The maximum Gasteiger partial charge on any atom is 0.194 e. The van der Waals surface area contributed by atoms with Crippen molar-refractivity contribution in [3.8, 4) is 11.4 Å². The third kappa shape index (κ3) is 4.67. The van der Waals surface area contributed by atoms with Crippen LogP contribution in [0.5, 0.6) is 5.75 Å². The number of nitrogens with zero attached hydrogens (tertiary/aromatic N) is 4. The molecule has 0 saturated heterocycles. The first kappa shape index (κ1) is 18.5. The van der Waals surface area contributed by atoms with Gasteiger partial charge in [0.1, 0.15) is 5.75 Å². The van der Waals surface area contributed by atoms with Crippen LogP contribution < -0.4 is 10.1 Å². The number of benzene rings is 2. The molecule has 1 heterocycles. The van der Waals surface area contributed by atoms with Crippen molar-refractivity contribution in [1.82, 2.24) is 20.0 Å². The maximum atomic E-state index is 5.43. The van der Waals surface area contributed by atoms with Crippen LogP contribution in [0.2, 0.25) is 0 Å². The molecule has 0 saturated carbocycles. The number of para-hydroxylation sites is 2. The van der Waals surface area contributed by atoms with Gasteiger partial charge in [-0.25, -0.2) is 4.68 Å². The molecule has 0 bridgehead atoms. The van der Waals surface area contributed by atoms with Crippen molar-refractivity contribution < 1.29 is 4.74 Å². The molecule has 2 aromatic carbocycles. The van der Waals surface area contributed by atoms with Gasteiger partial charge in [0.2, 0.25) is 0 Å². The van der Waals surface area contributed by atoms with E-state index >= 15 is 0 Å². The summed E-state index contributed by atoms with van der Waals surface area (Å²) in [6.45, 7) is 1.30. The summed E-state index contributed by atoms with van der Waals surface area (Å²) in [7, 11) is 5.48. The zero-order valence-electron chi connectivity index (χ0n) is 16.0. The highest BCUT2D eigenvalue weighted by atomic mass is 16.5. The number of hydrogen-bond acceptors (Lipinski definition) is 3. The third-order valence-electron chi connectivity index (χ3n) is 4.27. The first-order valence-electron chi connectivity index (χ1n) is 8.85. The second-order valence-corrected chi connectivity index (χ2v) is 6.16. The highest BCUT2D eigenvalue weighted by Crippen LogP contribution is 2.18. The third-order valence-corrected chi connectivity index (χ3v) is 4.27. The molecule has 0 unspecified atom stereocenters. The molecule has 0 spiro atoms. The average molecular weight is 363 g/mol. The van der Waals surface area contributed by atoms with Gasteiger partial charge in [0.15, 0.2) is 5.96 Å². The van der Waals surface area contributed by atoms with Gasteiger partial charge < -0.3 is 15.0 Å². The second-order valence-electron chi connectivity index (χ2n) is 6.16. The first-order chi connectivity index (χ1) is 13.2. The highest BCUT2D eigenvalue weighted by molar-refractivity contribution is 5.79. The van der Waals surface area contributed by atoms with Crippen molar-refractivity contribution in [3.05, 3.63) is 78.1 Å². The molecular formula is C21H25N5O. The fraction of sp³-hybridized carbons (Fsp3) is 0.238. The van der Waals surface area contributed by atoms with Gasteiger partial charge in [-0.05, 0) is 24.3 Å². The van der Waals surface area contributed by atoms with Crippen LogP contribution in [0, 0.1) is 0 Å². The number of methoxy groups -OCH3 is 1. The van der Waals surface area contributed by atoms with Crippen LogP contribution in [0.15, 0.2) is 71.9 Å². The van der Waals surface area contributed by atoms with E-state index in [9.17, 15) is 0 Å². The zero-order valence-corrected chi connectivity index (χ0v) is 16.0. The van der Waals surface area contributed by atoms with Gasteiger partial charge in [-0.3, -0.25) is 4.99 Å². The number of nitrogens with one attached hydrogen (secondary N) is 1. The lowest BCUT2D eigenvalue weighted by molar-refractivity contribution is 0.396. The number of aliphatic imine (C=N–C) groups is 1. The minimum absolute atomic E-state index is 0.600. The molecule has 6 nitrogen and oxygen atoms in total. The predicted molar refractivity (Wildman–Crippen MR) is 108 cm³/mol. The Labute approximate surface area is 160 Å². The molecule has 0 aliphatic carbocycles.